The first-order valence-electron chi connectivity index (χ1n) is 8.24. The molecule has 1 aliphatic heterocycles. The highest BCUT2D eigenvalue weighted by Crippen LogP contribution is 2.24. The summed E-state index contributed by atoms with van der Waals surface area (Å²) >= 11 is 0. The van der Waals surface area contributed by atoms with Crippen molar-refractivity contribution in [1.82, 2.24) is 25.7 Å². The molecular weight excluding hydrogens is 306 g/mol. The summed E-state index contributed by atoms with van der Waals surface area (Å²) in [7, 11) is 0. The van der Waals surface area contributed by atoms with Gasteiger partial charge in [0.2, 0.25) is 5.89 Å². The number of benzene rings is 1. The van der Waals surface area contributed by atoms with Gasteiger partial charge in [-0.3, -0.25) is 4.90 Å². The van der Waals surface area contributed by atoms with E-state index in [1.807, 2.05) is 6.07 Å². The number of hydrogen-bond acceptors (Lipinski definition) is 5. The molecule has 1 aromatic carbocycles. The zero-order valence-electron chi connectivity index (χ0n) is 14.0. The van der Waals surface area contributed by atoms with Crippen LogP contribution in [0.15, 0.2) is 34.9 Å². The molecule has 1 saturated heterocycles. The van der Waals surface area contributed by atoms with Crippen LogP contribution in [-0.4, -0.2) is 40.2 Å². The van der Waals surface area contributed by atoms with Crippen molar-refractivity contribution < 1.29 is 9.32 Å². The van der Waals surface area contributed by atoms with Crippen molar-refractivity contribution in [2.45, 2.75) is 38.9 Å². The number of likely N-dealkylation sites (tertiary alicyclic amines) is 1. The molecule has 1 fully saturated rings. The molecule has 2 heterocycles. The number of nitrogens with one attached hydrogen (secondary N) is 2. The average molecular weight is 329 g/mol. The lowest BCUT2D eigenvalue weighted by molar-refractivity contribution is 0.231. The zero-order valence-corrected chi connectivity index (χ0v) is 14.0. The van der Waals surface area contributed by atoms with E-state index in [1.54, 1.807) is 6.92 Å². The lowest BCUT2D eigenvalue weighted by Crippen LogP contribution is -2.43. The Bertz CT molecular complexity index is 673. The van der Waals surface area contributed by atoms with Crippen LogP contribution in [0.4, 0.5) is 4.79 Å². The van der Waals surface area contributed by atoms with Gasteiger partial charge in [0.05, 0.1) is 6.54 Å². The molecule has 2 atom stereocenters. The average Bonchev–Trinajstić information content (AvgIpc) is 3.22. The fraction of sp³-hybridized carbons (Fsp3) is 0.471. The number of amides is 2. The Morgan fingerprint density at radius 1 is 1.42 bits per heavy atom. The topological polar surface area (TPSA) is 83.3 Å². The van der Waals surface area contributed by atoms with Crippen molar-refractivity contribution in [2.24, 2.45) is 0 Å². The monoisotopic (exact) mass is 329 g/mol. The van der Waals surface area contributed by atoms with Gasteiger partial charge in [-0.15, -0.1) is 0 Å². The summed E-state index contributed by atoms with van der Waals surface area (Å²) in [6.07, 6.45) is 0.950. The SMILES string of the molecule is Cc1nc(CNC(=O)N[C@H]2CCN([C@@H](C)c3ccccc3)C2)no1. The summed E-state index contributed by atoms with van der Waals surface area (Å²) in [5.74, 6) is 0.974. The third-order valence-electron chi connectivity index (χ3n) is 4.36. The molecule has 7 heteroatoms. The summed E-state index contributed by atoms with van der Waals surface area (Å²) in [6.45, 7) is 6.02. The first kappa shape index (κ1) is 16.4. The fourth-order valence-corrected chi connectivity index (χ4v) is 3.01. The second kappa shape index (κ2) is 7.44. The number of aryl methyl sites for hydroxylation is 1. The fourth-order valence-electron chi connectivity index (χ4n) is 3.01. The predicted molar refractivity (Wildman–Crippen MR) is 89.2 cm³/mol. The molecule has 3 rings (SSSR count). The first-order valence-corrected chi connectivity index (χ1v) is 8.24. The Morgan fingerprint density at radius 2 is 2.21 bits per heavy atom. The standard InChI is InChI=1S/C17H23N5O2/c1-12(14-6-4-3-5-7-14)22-9-8-15(11-22)20-17(23)18-10-16-19-13(2)24-21-16/h3-7,12,15H,8-11H2,1-2H3,(H2,18,20,23)/t12-,15-/m0/s1. The minimum absolute atomic E-state index is 0.156. The van der Waals surface area contributed by atoms with Crippen molar-refractivity contribution in [3.8, 4) is 0 Å². The van der Waals surface area contributed by atoms with E-state index in [1.165, 1.54) is 5.56 Å². The van der Waals surface area contributed by atoms with Gasteiger partial charge >= 0.3 is 6.03 Å². The molecule has 0 saturated carbocycles. The van der Waals surface area contributed by atoms with Gasteiger partial charge < -0.3 is 15.2 Å². The van der Waals surface area contributed by atoms with Crippen molar-refractivity contribution >= 4 is 6.03 Å². The molecule has 128 valence electrons. The number of nitrogens with zero attached hydrogens (tertiary/aromatic N) is 3. The molecule has 0 bridgehead atoms. The molecule has 24 heavy (non-hydrogen) atoms. The lowest BCUT2D eigenvalue weighted by Gasteiger charge is -2.24. The minimum Gasteiger partial charge on any atom is -0.340 e. The smallest absolute Gasteiger partial charge is 0.315 e. The van der Waals surface area contributed by atoms with Crippen LogP contribution in [-0.2, 0) is 6.54 Å². The maximum absolute atomic E-state index is 12.0. The Hall–Kier alpha value is -2.41. The Morgan fingerprint density at radius 3 is 2.92 bits per heavy atom. The number of rotatable bonds is 5. The summed E-state index contributed by atoms with van der Waals surface area (Å²) in [5.41, 5.74) is 1.30. The first-order chi connectivity index (χ1) is 11.6. The molecular formula is C17H23N5O2. The van der Waals surface area contributed by atoms with Crippen LogP contribution in [0, 0.1) is 6.92 Å². The molecule has 0 spiro atoms. The predicted octanol–water partition coefficient (Wildman–Crippen LogP) is 2.01. The number of carbonyl (C=O) groups excluding carboxylic acids is 1. The van der Waals surface area contributed by atoms with Crippen molar-refractivity contribution in [3.63, 3.8) is 0 Å². The quantitative estimate of drug-likeness (QED) is 0.877. The molecule has 0 aliphatic carbocycles. The van der Waals surface area contributed by atoms with E-state index in [0.717, 1.165) is 19.5 Å². The maximum Gasteiger partial charge on any atom is 0.315 e. The van der Waals surface area contributed by atoms with Crippen molar-refractivity contribution in [1.29, 1.82) is 0 Å². The van der Waals surface area contributed by atoms with Gasteiger partial charge in [-0.25, -0.2) is 4.79 Å². The minimum atomic E-state index is -0.198. The van der Waals surface area contributed by atoms with E-state index in [-0.39, 0.29) is 18.6 Å². The van der Waals surface area contributed by atoms with Crippen LogP contribution in [0.2, 0.25) is 0 Å². The molecule has 1 aliphatic rings. The molecule has 7 nitrogen and oxygen atoms in total. The number of carbonyl (C=O) groups is 1. The number of hydrogen-bond donors (Lipinski definition) is 2. The van der Waals surface area contributed by atoms with Gasteiger partial charge in [0.25, 0.3) is 0 Å². The molecule has 2 aromatic rings. The summed E-state index contributed by atoms with van der Waals surface area (Å²) in [4.78, 5) is 18.4. The van der Waals surface area contributed by atoms with Crippen LogP contribution < -0.4 is 10.6 Å². The zero-order chi connectivity index (χ0) is 16.9. The Kier molecular flexibility index (Phi) is 5.10. The van der Waals surface area contributed by atoms with Gasteiger partial charge in [-0.1, -0.05) is 35.5 Å². The molecule has 0 unspecified atom stereocenters. The van der Waals surface area contributed by atoms with Gasteiger partial charge in [-0.05, 0) is 18.9 Å². The molecule has 2 amide bonds. The second-order valence-electron chi connectivity index (χ2n) is 6.12. The van der Waals surface area contributed by atoms with E-state index < -0.39 is 0 Å². The Labute approximate surface area is 141 Å². The molecule has 0 radical (unpaired) electrons. The van der Waals surface area contributed by atoms with Crippen molar-refractivity contribution in [3.05, 3.63) is 47.6 Å². The van der Waals surface area contributed by atoms with Gasteiger partial charge in [0, 0.05) is 32.1 Å². The van der Waals surface area contributed by atoms with Crippen LogP contribution in [0.1, 0.15) is 36.7 Å². The van der Waals surface area contributed by atoms with Crippen molar-refractivity contribution in [2.75, 3.05) is 13.1 Å². The van der Waals surface area contributed by atoms with Crippen LogP contribution in [0.25, 0.3) is 0 Å². The summed E-state index contributed by atoms with van der Waals surface area (Å²) in [5, 5.41) is 9.53. The summed E-state index contributed by atoms with van der Waals surface area (Å²) < 4.78 is 4.87. The highest BCUT2D eigenvalue weighted by atomic mass is 16.5. The van der Waals surface area contributed by atoms with Gasteiger partial charge in [0.15, 0.2) is 5.82 Å². The van der Waals surface area contributed by atoms with Gasteiger partial charge in [0.1, 0.15) is 0 Å². The third kappa shape index (κ3) is 4.11. The van der Waals surface area contributed by atoms with E-state index in [4.69, 9.17) is 4.52 Å². The lowest BCUT2D eigenvalue weighted by atomic mass is 10.1. The van der Waals surface area contributed by atoms with Crippen LogP contribution >= 0.6 is 0 Å². The van der Waals surface area contributed by atoms with E-state index in [2.05, 4.69) is 56.9 Å². The van der Waals surface area contributed by atoms with Crippen LogP contribution in [0.3, 0.4) is 0 Å². The van der Waals surface area contributed by atoms with Gasteiger partial charge in [-0.2, -0.15) is 4.98 Å². The Balaban J connectivity index is 1.44. The third-order valence-corrected chi connectivity index (χ3v) is 4.36. The van der Waals surface area contributed by atoms with E-state index in [9.17, 15) is 4.79 Å². The van der Waals surface area contributed by atoms with E-state index in [0.29, 0.717) is 17.8 Å². The van der Waals surface area contributed by atoms with Crippen LogP contribution in [0.5, 0.6) is 0 Å². The normalized spacial score (nSPS) is 19.2. The number of urea groups is 1. The van der Waals surface area contributed by atoms with E-state index >= 15 is 0 Å². The number of aromatic nitrogens is 2. The summed E-state index contributed by atoms with van der Waals surface area (Å²) in [6, 6.07) is 10.7. The maximum atomic E-state index is 12.0. The second-order valence-corrected chi connectivity index (χ2v) is 6.12. The highest BCUT2D eigenvalue weighted by molar-refractivity contribution is 5.74. The highest BCUT2D eigenvalue weighted by Gasteiger charge is 2.27. The largest absolute Gasteiger partial charge is 0.340 e. The molecule has 1 aromatic heterocycles. The molecule has 2 N–H and O–H groups in total.